The van der Waals surface area contributed by atoms with E-state index in [1.807, 2.05) is 6.07 Å². The maximum absolute atomic E-state index is 12.8. The Morgan fingerprint density at radius 2 is 1.88 bits per heavy atom. The van der Waals surface area contributed by atoms with E-state index in [2.05, 4.69) is 69.0 Å². The van der Waals surface area contributed by atoms with Crippen LogP contribution in [0.2, 0.25) is 0 Å². The average Bonchev–Trinajstić information content (AvgIpc) is 2.88. The second kappa shape index (κ2) is 10.4. The molecular weight excluding hydrogens is 408 g/mol. The van der Waals surface area contributed by atoms with Crippen LogP contribution in [0.1, 0.15) is 49.3 Å². The number of carbonyl (C=O) groups excluding carboxylic acids is 1. The first-order valence-corrected chi connectivity index (χ1v) is 12.5. The van der Waals surface area contributed by atoms with Gasteiger partial charge in [0.25, 0.3) is 0 Å². The molecule has 0 bridgehead atoms. The van der Waals surface area contributed by atoms with Gasteiger partial charge in [0.05, 0.1) is 0 Å². The molecule has 2 N–H and O–H groups in total. The zero-order valence-corrected chi connectivity index (χ0v) is 19.3. The van der Waals surface area contributed by atoms with Crippen LogP contribution in [-0.4, -0.2) is 42.0 Å². The van der Waals surface area contributed by atoms with Crippen molar-refractivity contribution in [3.63, 3.8) is 0 Å². The van der Waals surface area contributed by atoms with Gasteiger partial charge in [-0.2, -0.15) is 0 Å². The zero-order valence-electron chi connectivity index (χ0n) is 19.3. The van der Waals surface area contributed by atoms with Crippen molar-refractivity contribution in [3.05, 3.63) is 71.9 Å². The number of carbonyl (C=O) groups is 1. The van der Waals surface area contributed by atoms with Crippen LogP contribution >= 0.6 is 0 Å². The monoisotopic (exact) mass is 442 g/mol. The van der Waals surface area contributed by atoms with E-state index in [1.54, 1.807) is 6.20 Å². The summed E-state index contributed by atoms with van der Waals surface area (Å²) >= 11 is 0. The van der Waals surface area contributed by atoms with Crippen molar-refractivity contribution in [1.82, 2.24) is 15.2 Å². The average molecular weight is 443 g/mol. The molecular formula is C28H34N4O. The van der Waals surface area contributed by atoms with Gasteiger partial charge in [-0.25, -0.2) is 4.98 Å². The van der Waals surface area contributed by atoms with E-state index in [1.165, 1.54) is 22.8 Å². The highest BCUT2D eigenvalue weighted by atomic mass is 16.1. The van der Waals surface area contributed by atoms with E-state index in [9.17, 15) is 4.79 Å². The normalized spacial score (nSPS) is 20.1. The summed E-state index contributed by atoms with van der Waals surface area (Å²) in [6.45, 7) is 3.90. The van der Waals surface area contributed by atoms with E-state index in [-0.39, 0.29) is 11.8 Å². The highest BCUT2D eigenvalue weighted by Crippen LogP contribution is 2.30. The molecule has 2 aliphatic rings. The van der Waals surface area contributed by atoms with E-state index < -0.39 is 0 Å². The Morgan fingerprint density at radius 3 is 2.79 bits per heavy atom. The van der Waals surface area contributed by atoms with Crippen molar-refractivity contribution >= 4 is 22.5 Å². The van der Waals surface area contributed by atoms with Crippen molar-refractivity contribution in [2.75, 3.05) is 31.5 Å². The molecule has 33 heavy (non-hydrogen) atoms. The van der Waals surface area contributed by atoms with Crippen molar-refractivity contribution < 1.29 is 4.79 Å². The van der Waals surface area contributed by atoms with Gasteiger partial charge in [0.1, 0.15) is 5.82 Å². The summed E-state index contributed by atoms with van der Waals surface area (Å²) in [5, 5.41) is 9.37. The van der Waals surface area contributed by atoms with Crippen molar-refractivity contribution in [2.45, 2.75) is 44.6 Å². The van der Waals surface area contributed by atoms with Gasteiger partial charge in [-0.3, -0.25) is 9.69 Å². The number of nitrogens with zero attached hydrogens (tertiary/aromatic N) is 2. The van der Waals surface area contributed by atoms with Crippen LogP contribution in [0.4, 0.5) is 5.82 Å². The summed E-state index contributed by atoms with van der Waals surface area (Å²) in [6, 6.07) is 19.7. The fourth-order valence-electron chi connectivity index (χ4n) is 5.46. The van der Waals surface area contributed by atoms with Crippen LogP contribution in [0.5, 0.6) is 0 Å². The van der Waals surface area contributed by atoms with E-state index >= 15 is 0 Å². The number of anilines is 1. The standard InChI is InChI=1S/C28H34N4O/c33-28(23-9-2-1-3-10-23)31-27-22(12-7-16-30-27)15-18-32-19-17-29-20-26(32)25-14-6-11-21-8-4-5-13-24(21)25/h4-8,11-14,16,23,26,29H,1-3,9-10,15,17-20H2,(H,30,31,33). The summed E-state index contributed by atoms with van der Waals surface area (Å²) in [6.07, 6.45) is 8.22. The lowest BCUT2D eigenvalue weighted by atomic mass is 9.88. The largest absolute Gasteiger partial charge is 0.314 e. The number of aromatic nitrogens is 1. The van der Waals surface area contributed by atoms with Gasteiger partial charge in [-0.05, 0) is 47.2 Å². The van der Waals surface area contributed by atoms with E-state index in [0.717, 1.165) is 69.7 Å². The maximum Gasteiger partial charge on any atom is 0.228 e. The first-order valence-electron chi connectivity index (χ1n) is 12.5. The molecule has 1 amide bonds. The number of pyridine rings is 1. The summed E-state index contributed by atoms with van der Waals surface area (Å²) < 4.78 is 0. The van der Waals surface area contributed by atoms with Crippen LogP contribution < -0.4 is 10.6 Å². The maximum atomic E-state index is 12.8. The van der Waals surface area contributed by atoms with E-state index in [4.69, 9.17) is 0 Å². The molecule has 1 aromatic heterocycles. The van der Waals surface area contributed by atoms with Crippen LogP contribution in [0.25, 0.3) is 10.8 Å². The van der Waals surface area contributed by atoms with Crippen molar-refractivity contribution in [3.8, 4) is 0 Å². The second-order valence-electron chi connectivity index (χ2n) is 9.41. The molecule has 0 spiro atoms. The predicted molar refractivity (Wildman–Crippen MR) is 134 cm³/mol. The molecule has 1 unspecified atom stereocenters. The Labute approximate surface area is 196 Å². The van der Waals surface area contributed by atoms with Gasteiger partial charge < -0.3 is 10.6 Å². The molecule has 2 heterocycles. The number of fused-ring (bicyclic) bond motifs is 1. The molecule has 3 aromatic rings. The lowest BCUT2D eigenvalue weighted by molar-refractivity contribution is -0.120. The molecule has 1 saturated carbocycles. The minimum atomic E-state index is 0.137. The molecule has 5 rings (SSSR count). The third kappa shape index (κ3) is 5.10. The topological polar surface area (TPSA) is 57.3 Å². The number of hydrogen-bond acceptors (Lipinski definition) is 4. The van der Waals surface area contributed by atoms with Gasteiger partial charge in [-0.15, -0.1) is 0 Å². The summed E-state index contributed by atoms with van der Waals surface area (Å²) in [5.41, 5.74) is 2.51. The number of rotatable bonds is 6. The number of hydrogen-bond donors (Lipinski definition) is 2. The fourth-order valence-corrected chi connectivity index (χ4v) is 5.46. The molecule has 1 aliphatic heterocycles. The minimum Gasteiger partial charge on any atom is -0.314 e. The van der Waals surface area contributed by atoms with Gasteiger partial charge in [-0.1, -0.05) is 67.8 Å². The van der Waals surface area contributed by atoms with Crippen LogP contribution in [-0.2, 0) is 11.2 Å². The highest BCUT2D eigenvalue weighted by molar-refractivity contribution is 5.92. The van der Waals surface area contributed by atoms with Gasteiger partial charge in [0.15, 0.2) is 0 Å². The number of benzene rings is 2. The Hall–Kier alpha value is -2.76. The second-order valence-corrected chi connectivity index (χ2v) is 9.41. The highest BCUT2D eigenvalue weighted by Gasteiger charge is 2.26. The first-order chi connectivity index (χ1) is 16.3. The predicted octanol–water partition coefficient (Wildman–Crippen LogP) is 4.94. The Kier molecular flexibility index (Phi) is 6.98. The van der Waals surface area contributed by atoms with Gasteiger partial charge >= 0.3 is 0 Å². The van der Waals surface area contributed by atoms with Crippen LogP contribution in [0.15, 0.2) is 60.8 Å². The lowest BCUT2D eigenvalue weighted by Gasteiger charge is -2.37. The Balaban J connectivity index is 1.30. The number of piperazine rings is 1. The molecule has 2 fully saturated rings. The Bertz CT molecular complexity index is 1090. The molecule has 1 aliphatic carbocycles. The quantitative estimate of drug-likeness (QED) is 0.568. The van der Waals surface area contributed by atoms with Crippen LogP contribution in [0, 0.1) is 5.92 Å². The first kappa shape index (κ1) is 22.1. The molecule has 5 heteroatoms. The summed E-state index contributed by atoms with van der Waals surface area (Å²) in [4.78, 5) is 19.9. The Morgan fingerprint density at radius 1 is 1.03 bits per heavy atom. The van der Waals surface area contributed by atoms with E-state index in [0.29, 0.717) is 6.04 Å². The third-order valence-corrected chi connectivity index (χ3v) is 7.31. The number of amides is 1. The zero-order chi connectivity index (χ0) is 22.5. The third-order valence-electron chi connectivity index (χ3n) is 7.31. The SMILES string of the molecule is O=C(Nc1ncccc1CCN1CCNCC1c1cccc2ccccc12)C1CCCCC1. The summed E-state index contributed by atoms with van der Waals surface area (Å²) in [5.74, 6) is 1.02. The minimum absolute atomic E-state index is 0.137. The number of nitrogens with one attached hydrogen (secondary N) is 2. The molecule has 172 valence electrons. The fraction of sp³-hybridized carbons (Fsp3) is 0.429. The molecule has 0 radical (unpaired) electrons. The molecule has 5 nitrogen and oxygen atoms in total. The molecule has 2 aromatic carbocycles. The van der Waals surface area contributed by atoms with Gasteiger partial charge in [0.2, 0.25) is 5.91 Å². The molecule has 1 atom stereocenters. The lowest BCUT2D eigenvalue weighted by Crippen LogP contribution is -2.46. The van der Waals surface area contributed by atoms with Crippen molar-refractivity contribution in [1.29, 1.82) is 0 Å². The van der Waals surface area contributed by atoms with Gasteiger partial charge in [0, 0.05) is 44.3 Å². The molecule has 1 saturated heterocycles. The van der Waals surface area contributed by atoms with Crippen molar-refractivity contribution in [2.24, 2.45) is 5.92 Å². The van der Waals surface area contributed by atoms with Crippen LogP contribution in [0.3, 0.4) is 0 Å². The summed E-state index contributed by atoms with van der Waals surface area (Å²) in [7, 11) is 0. The smallest absolute Gasteiger partial charge is 0.228 e.